The van der Waals surface area contributed by atoms with Gasteiger partial charge in [0.1, 0.15) is 0 Å². The molecule has 0 fully saturated rings. The van der Waals surface area contributed by atoms with E-state index in [1.165, 1.54) is 18.0 Å². The van der Waals surface area contributed by atoms with Crippen molar-refractivity contribution in [3.63, 3.8) is 0 Å². The molecule has 0 aliphatic carbocycles. The van der Waals surface area contributed by atoms with E-state index in [9.17, 15) is 4.57 Å². The number of hydrogen-bond acceptors (Lipinski definition) is 6. The maximum absolute atomic E-state index is 12.1. The standard InChI is InChI=1S/C9H19N2O3PS/c1-4-13-15(12,14-5-2)7-9(6-10)16-8(3)11/h6H,3-5,7,10-11H2,1-2H3/b9-6-. The highest BCUT2D eigenvalue weighted by Crippen LogP contribution is 2.51. The van der Waals surface area contributed by atoms with E-state index in [4.69, 9.17) is 20.5 Å². The number of rotatable bonds is 8. The zero-order valence-corrected chi connectivity index (χ0v) is 11.4. The summed E-state index contributed by atoms with van der Waals surface area (Å²) in [5.74, 6) is 0. The molecule has 94 valence electrons. The molecule has 0 unspecified atom stereocenters. The summed E-state index contributed by atoms with van der Waals surface area (Å²) in [4.78, 5) is 0.623. The molecule has 0 aromatic rings. The Kier molecular flexibility index (Phi) is 7.58. The van der Waals surface area contributed by atoms with E-state index < -0.39 is 7.60 Å². The molecule has 0 rings (SSSR count). The second-order valence-electron chi connectivity index (χ2n) is 2.81. The fourth-order valence-electron chi connectivity index (χ4n) is 1.00. The number of nitrogens with two attached hydrogens (primary N) is 2. The third-order valence-electron chi connectivity index (χ3n) is 1.45. The van der Waals surface area contributed by atoms with Crippen molar-refractivity contribution in [2.45, 2.75) is 13.8 Å². The summed E-state index contributed by atoms with van der Waals surface area (Å²) in [7, 11) is -3.11. The highest BCUT2D eigenvalue weighted by Gasteiger charge is 2.25. The van der Waals surface area contributed by atoms with Gasteiger partial charge in [-0.1, -0.05) is 18.3 Å². The molecule has 0 aromatic heterocycles. The van der Waals surface area contributed by atoms with E-state index in [0.717, 1.165) is 0 Å². The lowest BCUT2D eigenvalue weighted by Gasteiger charge is -2.17. The van der Waals surface area contributed by atoms with Crippen LogP contribution in [0.25, 0.3) is 0 Å². The second kappa shape index (κ2) is 7.79. The maximum Gasteiger partial charge on any atom is 0.335 e. The third kappa shape index (κ3) is 6.23. The first-order chi connectivity index (χ1) is 7.47. The zero-order chi connectivity index (χ0) is 12.6. The Morgan fingerprint density at radius 3 is 2.25 bits per heavy atom. The van der Waals surface area contributed by atoms with E-state index in [1.54, 1.807) is 13.8 Å². The first-order valence-corrected chi connectivity index (χ1v) is 7.43. The normalized spacial score (nSPS) is 12.8. The van der Waals surface area contributed by atoms with Gasteiger partial charge in [-0.2, -0.15) is 0 Å². The summed E-state index contributed by atoms with van der Waals surface area (Å²) in [6.07, 6.45) is 1.46. The quantitative estimate of drug-likeness (QED) is 0.655. The molecule has 16 heavy (non-hydrogen) atoms. The van der Waals surface area contributed by atoms with Crippen molar-refractivity contribution in [2.24, 2.45) is 11.5 Å². The van der Waals surface area contributed by atoms with Gasteiger partial charge in [-0.15, -0.1) is 0 Å². The van der Waals surface area contributed by atoms with Crippen molar-refractivity contribution in [3.8, 4) is 0 Å². The molecular formula is C9H19N2O3PS. The first-order valence-electron chi connectivity index (χ1n) is 4.88. The van der Waals surface area contributed by atoms with Crippen LogP contribution < -0.4 is 11.5 Å². The van der Waals surface area contributed by atoms with Crippen molar-refractivity contribution in [1.82, 2.24) is 0 Å². The predicted molar refractivity (Wildman–Crippen MR) is 68.9 cm³/mol. The van der Waals surface area contributed by atoms with Gasteiger partial charge in [0.2, 0.25) is 0 Å². The fourth-order valence-corrected chi connectivity index (χ4v) is 3.67. The molecule has 0 aromatic carbocycles. The van der Waals surface area contributed by atoms with Crippen molar-refractivity contribution in [2.75, 3.05) is 19.4 Å². The molecular weight excluding hydrogens is 247 g/mol. The molecule has 5 nitrogen and oxygen atoms in total. The summed E-state index contributed by atoms with van der Waals surface area (Å²) >= 11 is 1.17. The molecule has 7 heteroatoms. The van der Waals surface area contributed by atoms with Gasteiger partial charge in [-0.05, 0) is 13.8 Å². The summed E-state index contributed by atoms with van der Waals surface area (Å²) in [5, 5.41) is 0.385. The van der Waals surface area contributed by atoms with E-state index in [-0.39, 0.29) is 6.16 Å². The molecule has 0 saturated carbocycles. The minimum atomic E-state index is -3.11. The van der Waals surface area contributed by atoms with Crippen LogP contribution in [0.5, 0.6) is 0 Å². The van der Waals surface area contributed by atoms with E-state index in [2.05, 4.69) is 6.58 Å². The minimum absolute atomic E-state index is 0.117. The molecule has 0 saturated heterocycles. The fraction of sp³-hybridized carbons (Fsp3) is 0.556. The highest BCUT2D eigenvalue weighted by molar-refractivity contribution is 8.06. The average molecular weight is 266 g/mol. The number of allylic oxidation sites excluding steroid dienone is 1. The lowest BCUT2D eigenvalue weighted by molar-refractivity contribution is 0.222. The summed E-state index contributed by atoms with van der Waals surface area (Å²) in [6.45, 7) is 7.70. The Morgan fingerprint density at radius 2 is 1.94 bits per heavy atom. The molecule has 0 bridgehead atoms. The van der Waals surface area contributed by atoms with Crippen LogP contribution in [0.15, 0.2) is 22.7 Å². The van der Waals surface area contributed by atoms with Gasteiger partial charge in [0.15, 0.2) is 0 Å². The largest absolute Gasteiger partial charge is 0.404 e. The molecule has 0 spiro atoms. The van der Waals surface area contributed by atoms with Crippen molar-refractivity contribution in [1.29, 1.82) is 0 Å². The number of hydrogen-bond donors (Lipinski definition) is 2. The monoisotopic (exact) mass is 266 g/mol. The SMILES string of the molecule is C=C(N)S/C(=C\N)CP(=O)(OCC)OCC. The van der Waals surface area contributed by atoms with Crippen LogP contribution in [0.1, 0.15) is 13.8 Å². The molecule has 0 aliphatic rings. The lowest BCUT2D eigenvalue weighted by atomic mass is 10.7. The van der Waals surface area contributed by atoms with Crippen LogP contribution in [-0.4, -0.2) is 19.4 Å². The molecule has 0 amide bonds. The lowest BCUT2D eigenvalue weighted by Crippen LogP contribution is -2.03. The molecule has 0 radical (unpaired) electrons. The predicted octanol–water partition coefficient (Wildman–Crippen LogP) is 2.22. The van der Waals surface area contributed by atoms with Crippen molar-refractivity contribution < 1.29 is 13.6 Å². The van der Waals surface area contributed by atoms with Crippen LogP contribution in [0.2, 0.25) is 0 Å². The Balaban J connectivity index is 4.59. The van der Waals surface area contributed by atoms with Crippen LogP contribution >= 0.6 is 19.4 Å². The molecule has 0 heterocycles. The maximum atomic E-state index is 12.1. The summed E-state index contributed by atoms with van der Waals surface area (Å²) in [5.41, 5.74) is 10.8. The Bertz CT molecular complexity index is 297. The van der Waals surface area contributed by atoms with Gasteiger partial charge in [-0.3, -0.25) is 4.57 Å². The van der Waals surface area contributed by atoms with E-state index >= 15 is 0 Å². The van der Waals surface area contributed by atoms with Crippen molar-refractivity contribution in [3.05, 3.63) is 22.7 Å². The molecule has 4 N–H and O–H groups in total. The molecule has 0 atom stereocenters. The van der Waals surface area contributed by atoms with Gasteiger partial charge in [0.05, 0.1) is 24.4 Å². The molecule has 0 aliphatic heterocycles. The topological polar surface area (TPSA) is 87.6 Å². The Labute approximate surface area is 101 Å². The van der Waals surface area contributed by atoms with Crippen LogP contribution in [0.4, 0.5) is 0 Å². The Morgan fingerprint density at radius 1 is 1.44 bits per heavy atom. The zero-order valence-electron chi connectivity index (χ0n) is 9.64. The second-order valence-corrected chi connectivity index (χ2v) is 6.11. The van der Waals surface area contributed by atoms with Crippen LogP contribution in [0, 0.1) is 0 Å². The van der Waals surface area contributed by atoms with Crippen LogP contribution in [0.3, 0.4) is 0 Å². The highest BCUT2D eigenvalue weighted by atomic mass is 32.2. The Hall–Kier alpha value is -0.420. The van der Waals surface area contributed by atoms with Gasteiger partial charge in [0, 0.05) is 11.1 Å². The average Bonchev–Trinajstić information content (AvgIpc) is 2.16. The summed E-state index contributed by atoms with van der Waals surface area (Å²) < 4.78 is 22.4. The van der Waals surface area contributed by atoms with Crippen LogP contribution in [-0.2, 0) is 13.6 Å². The first kappa shape index (κ1) is 15.6. The van der Waals surface area contributed by atoms with Gasteiger partial charge >= 0.3 is 7.60 Å². The van der Waals surface area contributed by atoms with E-state index in [1.807, 2.05) is 0 Å². The third-order valence-corrected chi connectivity index (χ3v) is 4.50. The smallest absolute Gasteiger partial charge is 0.335 e. The minimum Gasteiger partial charge on any atom is -0.404 e. The van der Waals surface area contributed by atoms with E-state index in [0.29, 0.717) is 23.1 Å². The van der Waals surface area contributed by atoms with Gasteiger partial charge in [0.25, 0.3) is 0 Å². The van der Waals surface area contributed by atoms with Crippen molar-refractivity contribution >= 4 is 19.4 Å². The van der Waals surface area contributed by atoms with Gasteiger partial charge in [-0.25, -0.2) is 0 Å². The van der Waals surface area contributed by atoms with Gasteiger partial charge < -0.3 is 20.5 Å². The number of thioether (sulfide) groups is 1. The summed E-state index contributed by atoms with van der Waals surface area (Å²) in [6, 6.07) is 0.